The maximum absolute atomic E-state index is 8.87. The van der Waals surface area contributed by atoms with Crippen LogP contribution in [0.5, 0.6) is 0 Å². The predicted molar refractivity (Wildman–Crippen MR) is 53.1 cm³/mol. The number of rotatable bonds is 3. The first kappa shape index (κ1) is 10.5. The summed E-state index contributed by atoms with van der Waals surface area (Å²) < 4.78 is 0. The number of hydrogen-bond donors (Lipinski definition) is 1. The van der Waals surface area contributed by atoms with Crippen molar-refractivity contribution in [3.8, 4) is 6.07 Å². The molecule has 1 aliphatic heterocycles. The monoisotopic (exact) mass is 181 g/mol. The van der Waals surface area contributed by atoms with Crippen LogP contribution in [-0.2, 0) is 0 Å². The van der Waals surface area contributed by atoms with Gasteiger partial charge in [0.05, 0.1) is 6.07 Å². The molecule has 3 nitrogen and oxygen atoms in total. The van der Waals surface area contributed by atoms with Crippen LogP contribution >= 0.6 is 0 Å². The Morgan fingerprint density at radius 1 is 1.54 bits per heavy atom. The van der Waals surface area contributed by atoms with Crippen LogP contribution in [0.3, 0.4) is 0 Å². The fourth-order valence-corrected chi connectivity index (χ4v) is 2.07. The van der Waals surface area contributed by atoms with Gasteiger partial charge in [-0.05, 0) is 19.3 Å². The lowest BCUT2D eigenvalue weighted by atomic mass is 10.0. The summed E-state index contributed by atoms with van der Waals surface area (Å²) in [4.78, 5) is 2.35. The Bertz CT molecular complexity index is 205. The first-order valence-corrected chi connectivity index (χ1v) is 5.09. The second-order valence-electron chi connectivity index (χ2n) is 3.96. The van der Waals surface area contributed by atoms with Crippen molar-refractivity contribution in [1.29, 1.82) is 5.26 Å². The van der Waals surface area contributed by atoms with Crippen molar-refractivity contribution < 1.29 is 0 Å². The molecule has 0 saturated carbocycles. The van der Waals surface area contributed by atoms with E-state index in [-0.39, 0.29) is 0 Å². The molecule has 0 amide bonds. The molecule has 13 heavy (non-hydrogen) atoms. The highest BCUT2D eigenvalue weighted by Crippen LogP contribution is 2.22. The zero-order chi connectivity index (χ0) is 9.90. The van der Waals surface area contributed by atoms with Gasteiger partial charge in [-0.2, -0.15) is 5.26 Å². The molecule has 0 aromatic heterocycles. The Kier molecular flexibility index (Phi) is 3.29. The Balaban J connectivity index is 2.54. The first-order chi connectivity index (χ1) is 6.15. The molecule has 1 rings (SSSR count). The average Bonchev–Trinajstić information content (AvgIpc) is 2.52. The number of nitriles is 1. The highest BCUT2D eigenvalue weighted by Gasteiger charge is 2.36. The zero-order valence-electron chi connectivity index (χ0n) is 8.58. The summed E-state index contributed by atoms with van der Waals surface area (Å²) in [5.41, 5.74) is 5.31. The molecule has 1 aliphatic rings. The summed E-state index contributed by atoms with van der Waals surface area (Å²) >= 11 is 0. The molecule has 3 heteroatoms. The van der Waals surface area contributed by atoms with Crippen LogP contribution in [0.2, 0.25) is 0 Å². The summed E-state index contributed by atoms with van der Waals surface area (Å²) in [5, 5.41) is 8.87. The molecule has 1 heterocycles. The molecular weight excluding hydrogens is 162 g/mol. The van der Waals surface area contributed by atoms with Crippen molar-refractivity contribution in [1.82, 2.24) is 4.90 Å². The van der Waals surface area contributed by atoms with Crippen LogP contribution in [-0.4, -0.2) is 29.6 Å². The van der Waals surface area contributed by atoms with Crippen LogP contribution < -0.4 is 5.73 Å². The lowest BCUT2D eigenvalue weighted by Gasteiger charge is -2.26. The van der Waals surface area contributed by atoms with Gasteiger partial charge in [0.15, 0.2) is 0 Å². The van der Waals surface area contributed by atoms with Gasteiger partial charge in [0, 0.05) is 19.1 Å². The van der Waals surface area contributed by atoms with E-state index in [0.717, 1.165) is 32.4 Å². The van der Waals surface area contributed by atoms with Gasteiger partial charge in [-0.1, -0.05) is 13.8 Å². The minimum absolute atomic E-state index is 0.581. The third kappa shape index (κ3) is 2.20. The van der Waals surface area contributed by atoms with Gasteiger partial charge >= 0.3 is 0 Å². The molecule has 1 saturated heterocycles. The maximum Gasteiger partial charge on any atom is 0.118 e. The van der Waals surface area contributed by atoms with Crippen molar-refractivity contribution in [3.05, 3.63) is 0 Å². The molecule has 0 aromatic carbocycles. The van der Waals surface area contributed by atoms with Crippen molar-refractivity contribution in [3.63, 3.8) is 0 Å². The lowest BCUT2D eigenvalue weighted by molar-refractivity contribution is 0.223. The molecule has 1 unspecified atom stereocenters. The van der Waals surface area contributed by atoms with Crippen LogP contribution in [0.25, 0.3) is 0 Å². The molecule has 0 radical (unpaired) electrons. The van der Waals surface area contributed by atoms with Crippen LogP contribution in [0.15, 0.2) is 0 Å². The lowest BCUT2D eigenvalue weighted by Crippen LogP contribution is -2.43. The van der Waals surface area contributed by atoms with Crippen LogP contribution in [0, 0.1) is 11.3 Å². The number of likely N-dealkylation sites (tertiary alicyclic amines) is 1. The summed E-state index contributed by atoms with van der Waals surface area (Å²) in [6, 6.07) is 2.82. The van der Waals surface area contributed by atoms with E-state index >= 15 is 0 Å². The summed E-state index contributed by atoms with van der Waals surface area (Å²) in [6.07, 6.45) is 3.12. The minimum Gasteiger partial charge on any atom is -0.312 e. The first-order valence-electron chi connectivity index (χ1n) is 5.09. The molecular formula is C10H19N3. The summed E-state index contributed by atoms with van der Waals surface area (Å²) in [7, 11) is 0. The van der Waals surface area contributed by atoms with E-state index in [1.54, 1.807) is 0 Å². The topological polar surface area (TPSA) is 53.0 Å². The van der Waals surface area contributed by atoms with Crippen LogP contribution in [0.4, 0.5) is 0 Å². The maximum atomic E-state index is 8.87. The summed E-state index contributed by atoms with van der Waals surface area (Å²) in [6.45, 7) is 6.11. The van der Waals surface area contributed by atoms with Gasteiger partial charge in [0.1, 0.15) is 5.54 Å². The number of nitrogens with two attached hydrogens (primary N) is 1. The van der Waals surface area contributed by atoms with Gasteiger partial charge in [-0.15, -0.1) is 0 Å². The predicted octanol–water partition coefficient (Wildman–Crippen LogP) is 1.10. The standard InChI is InChI=1S/C10H19N3/c1-3-9(4-2)13-6-5-10(12,7-11)8-13/h9H,3-6,8,12H2,1-2H3. The van der Waals surface area contributed by atoms with E-state index in [9.17, 15) is 0 Å². The van der Waals surface area contributed by atoms with Crippen molar-refractivity contribution >= 4 is 0 Å². The Morgan fingerprint density at radius 3 is 2.54 bits per heavy atom. The minimum atomic E-state index is -0.581. The van der Waals surface area contributed by atoms with Gasteiger partial charge in [-0.25, -0.2) is 0 Å². The third-order valence-electron chi connectivity index (χ3n) is 3.01. The van der Waals surface area contributed by atoms with Gasteiger partial charge in [0.2, 0.25) is 0 Å². The van der Waals surface area contributed by atoms with Crippen LogP contribution in [0.1, 0.15) is 33.1 Å². The third-order valence-corrected chi connectivity index (χ3v) is 3.01. The molecule has 0 aromatic rings. The normalized spacial score (nSPS) is 29.5. The molecule has 2 N–H and O–H groups in total. The van der Waals surface area contributed by atoms with E-state index < -0.39 is 5.54 Å². The molecule has 0 spiro atoms. The van der Waals surface area contributed by atoms with E-state index in [2.05, 4.69) is 24.8 Å². The Labute approximate surface area is 80.5 Å². The van der Waals surface area contributed by atoms with E-state index in [1.807, 2.05) is 0 Å². The number of hydrogen-bond acceptors (Lipinski definition) is 3. The van der Waals surface area contributed by atoms with E-state index in [4.69, 9.17) is 11.0 Å². The van der Waals surface area contributed by atoms with Crippen molar-refractivity contribution in [2.45, 2.75) is 44.7 Å². The zero-order valence-corrected chi connectivity index (χ0v) is 8.58. The average molecular weight is 181 g/mol. The Morgan fingerprint density at radius 2 is 2.15 bits per heavy atom. The highest BCUT2D eigenvalue weighted by molar-refractivity contribution is 5.11. The second-order valence-corrected chi connectivity index (χ2v) is 3.96. The van der Waals surface area contributed by atoms with Gasteiger partial charge in [-0.3, -0.25) is 4.90 Å². The van der Waals surface area contributed by atoms with Crippen molar-refractivity contribution in [2.24, 2.45) is 5.73 Å². The van der Waals surface area contributed by atoms with E-state index in [1.165, 1.54) is 0 Å². The molecule has 1 fully saturated rings. The van der Waals surface area contributed by atoms with Gasteiger partial charge < -0.3 is 5.73 Å². The Hall–Kier alpha value is -0.590. The summed E-state index contributed by atoms with van der Waals surface area (Å²) in [5.74, 6) is 0. The molecule has 0 bridgehead atoms. The SMILES string of the molecule is CCC(CC)N1CCC(N)(C#N)C1. The quantitative estimate of drug-likeness (QED) is 0.709. The largest absolute Gasteiger partial charge is 0.312 e. The fourth-order valence-electron chi connectivity index (χ4n) is 2.07. The molecule has 1 atom stereocenters. The molecule has 74 valence electrons. The second kappa shape index (κ2) is 4.08. The fraction of sp³-hybridized carbons (Fsp3) is 0.900. The molecule has 0 aliphatic carbocycles. The van der Waals surface area contributed by atoms with E-state index in [0.29, 0.717) is 6.04 Å². The van der Waals surface area contributed by atoms with Crippen molar-refractivity contribution in [2.75, 3.05) is 13.1 Å². The highest BCUT2D eigenvalue weighted by atomic mass is 15.2. The van der Waals surface area contributed by atoms with Gasteiger partial charge in [0.25, 0.3) is 0 Å². The number of nitrogens with zero attached hydrogens (tertiary/aromatic N) is 2. The smallest absolute Gasteiger partial charge is 0.118 e.